The number of carbonyl (C=O) groups is 1. The second kappa shape index (κ2) is 5.89. The Labute approximate surface area is 147 Å². The molecule has 2 aromatic carbocycles. The van der Waals surface area contributed by atoms with Crippen molar-refractivity contribution < 1.29 is 13.9 Å². The number of para-hydroxylation sites is 2. The predicted octanol–water partition coefficient (Wildman–Crippen LogP) is 4.04. The second-order valence-electron chi connectivity index (χ2n) is 5.77. The number of aryl methyl sites for hydroxylation is 2. The molecule has 1 amide bonds. The van der Waals surface area contributed by atoms with E-state index >= 15 is 0 Å². The molecule has 0 saturated heterocycles. The molecule has 0 spiro atoms. The average Bonchev–Trinajstić information content (AvgIpc) is 3.17. The molecule has 0 saturated carbocycles. The van der Waals surface area contributed by atoms with Crippen LogP contribution in [0.3, 0.4) is 0 Å². The number of methoxy groups -OCH3 is 1. The topological polar surface area (TPSA) is 56.7 Å². The summed E-state index contributed by atoms with van der Waals surface area (Å²) < 4.78 is 14.0. The number of amides is 1. The molecule has 4 rings (SSSR count). The lowest BCUT2D eigenvalue weighted by molar-refractivity contribution is 0.0973. The van der Waals surface area contributed by atoms with Gasteiger partial charge >= 0.3 is 5.91 Å². The van der Waals surface area contributed by atoms with Crippen molar-refractivity contribution in [3.8, 4) is 5.75 Å². The van der Waals surface area contributed by atoms with Crippen LogP contribution >= 0.6 is 11.3 Å². The highest BCUT2D eigenvalue weighted by Gasteiger charge is 2.15. The fraction of sp³-hybridized carbons (Fsp3) is 0.158. The van der Waals surface area contributed by atoms with Crippen molar-refractivity contribution >= 4 is 38.4 Å². The molecular weight excluding hydrogens is 336 g/mol. The molecule has 6 heteroatoms. The monoisotopic (exact) mass is 352 g/mol. The van der Waals surface area contributed by atoms with E-state index in [4.69, 9.17) is 9.15 Å². The van der Waals surface area contributed by atoms with Gasteiger partial charge in [0.2, 0.25) is 0 Å². The summed E-state index contributed by atoms with van der Waals surface area (Å²) in [5.74, 6) is 0.395. The standard InChI is InChI=1S/C19H16N2O3S/c1-11-6-4-9-15-16(11)21(2)19(25-15)20-18(22)14-10-12-7-5-8-13(23-3)17(12)24-14/h4-10H,1-3H3. The summed E-state index contributed by atoms with van der Waals surface area (Å²) in [6.45, 7) is 2.05. The van der Waals surface area contributed by atoms with Crippen LogP contribution in [0, 0.1) is 6.92 Å². The number of benzene rings is 2. The number of hydrogen-bond donors (Lipinski definition) is 0. The summed E-state index contributed by atoms with van der Waals surface area (Å²) in [5, 5.41) is 0.814. The molecule has 5 nitrogen and oxygen atoms in total. The number of furan rings is 1. The summed E-state index contributed by atoms with van der Waals surface area (Å²) in [6.07, 6.45) is 0. The molecule has 0 aliphatic carbocycles. The maximum atomic E-state index is 12.6. The van der Waals surface area contributed by atoms with Crippen molar-refractivity contribution in [1.29, 1.82) is 0 Å². The highest BCUT2D eigenvalue weighted by molar-refractivity contribution is 7.16. The zero-order valence-electron chi connectivity index (χ0n) is 14.1. The molecule has 0 aliphatic rings. The lowest BCUT2D eigenvalue weighted by atomic mass is 10.2. The van der Waals surface area contributed by atoms with Gasteiger partial charge in [0, 0.05) is 12.4 Å². The molecule has 0 fully saturated rings. The van der Waals surface area contributed by atoms with E-state index in [1.165, 1.54) is 11.3 Å². The van der Waals surface area contributed by atoms with E-state index in [1.807, 2.05) is 48.9 Å². The van der Waals surface area contributed by atoms with Crippen molar-refractivity contribution in [1.82, 2.24) is 4.57 Å². The zero-order chi connectivity index (χ0) is 17.6. The Morgan fingerprint density at radius 2 is 2.04 bits per heavy atom. The molecule has 0 N–H and O–H groups in total. The Hall–Kier alpha value is -2.86. The third-order valence-corrected chi connectivity index (χ3v) is 5.26. The number of ether oxygens (including phenoxy) is 1. The minimum absolute atomic E-state index is 0.202. The first kappa shape index (κ1) is 15.7. The Morgan fingerprint density at radius 3 is 2.80 bits per heavy atom. The van der Waals surface area contributed by atoms with Crippen molar-refractivity contribution in [2.24, 2.45) is 12.0 Å². The molecule has 0 unspecified atom stereocenters. The van der Waals surface area contributed by atoms with Gasteiger partial charge in [0.15, 0.2) is 21.9 Å². The number of rotatable bonds is 2. The van der Waals surface area contributed by atoms with E-state index in [-0.39, 0.29) is 5.76 Å². The second-order valence-corrected chi connectivity index (χ2v) is 6.78. The SMILES string of the molecule is COc1cccc2cc(C(=O)N=c3sc4cccc(C)c4n3C)oc12. The van der Waals surface area contributed by atoms with E-state index in [0.717, 1.165) is 21.2 Å². The number of aromatic nitrogens is 1. The zero-order valence-corrected chi connectivity index (χ0v) is 14.9. The molecule has 0 bridgehead atoms. The first-order chi connectivity index (χ1) is 12.1. The summed E-state index contributed by atoms with van der Waals surface area (Å²) in [5.41, 5.74) is 2.80. The lowest BCUT2D eigenvalue weighted by Crippen LogP contribution is -2.13. The van der Waals surface area contributed by atoms with E-state index < -0.39 is 5.91 Å². The minimum Gasteiger partial charge on any atom is -0.493 e. The average molecular weight is 352 g/mol. The molecule has 4 aromatic rings. The van der Waals surface area contributed by atoms with Crippen LogP contribution in [0.15, 0.2) is 51.9 Å². The predicted molar refractivity (Wildman–Crippen MR) is 98.2 cm³/mol. The van der Waals surface area contributed by atoms with Crippen LogP contribution < -0.4 is 9.54 Å². The first-order valence-electron chi connectivity index (χ1n) is 7.79. The van der Waals surface area contributed by atoms with Crippen LogP contribution in [0.1, 0.15) is 16.1 Å². The van der Waals surface area contributed by atoms with Gasteiger partial charge in [-0.3, -0.25) is 4.79 Å². The van der Waals surface area contributed by atoms with Crippen LogP contribution in [-0.4, -0.2) is 17.6 Å². The van der Waals surface area contributed by atoms with E-state index in [1.54, 1.807) is 19.2 Å². The number of nitrogens with zero attached hydrogens (tertiary/aromatic N) is 2. The number of thiazole rings is 1. The summed E-state index contributed by atoms with van der Waals surface area (Å²) in [6, 6.07) is 13.3. The van der Waals surface area contributed by atoms with E-state index in [9.17, 15) is 4.79 Å². The molecule has 25 heavy (non-hydrogen) atoms. The van der Waals surface area contributed by atoms with Gasteiger partial charge in [-0.05, 0) is 30.7 Å². The highest BCUT2D eigenvalue weighted by atomic mass is 32.1. The maximum Gasteiger partial charge on any atom is 0.315 e. The van der Waals surface area contributed by atoms with Gasteiger partial charge < -0.3 is 13.7 Å². The molecule has 0 aliphatic heterocycles. The largest absolute Gasteiger partial charge is 0.493 e. The fourth-order valence-corrected chi connectivity index (χ4v) is 4.04. The molecule has 0 atom stereocenters. The number of hydrogen-bond acceptors (Lipinski definition) is 4. The molecule has 2 aromatic heterocycles. The van der Waals surface area contributed by atoms with Crippen molar-refractivity contribution in [3.05, 3.63) is 58.6 Å². The van der Waals surface area contributed by atoms with E-state index in [2.05, 4.69) is 4.99 Å². The van der Waals surface area contributed by atoms with E-state index in [0.29, 0.717) is 16.1 Å². The fourth-order valence-electron chi connectivity index (χ4n) is 2.95. The molecular formula is C19H16N2O3S. The van der Waals surface area contributed by atoms with Crippen molar-refractivity contribution in [3.63, 3.8) is 0 Å². The van der Waals surface area contributed by atoms with Crippen LogP contribution in [0.25, 0.3) is 21.2 Å². The summed E-state index contributed by atoms with van der Waals surface area (Å²) in [7, 11) is 3.49. The maximum absolute atomic E-state index is 12.6. The lowest BCUT2D eigenvalue weighted by Gasteiger charge is -1.99. The van der Waals surface area contributed by atoms with Gasteiger partial charge in [0.25, 0.3) is 0 Å². The Morgan fingerprint density at radius 1 is 1.24 bits per heavy atom. The highest BCUT2D eigenvalue weighted by Crippen LogP contribution is 2.28. The van der Waals surface area contributed by atoms with Gasteiger partial charge in [-0.2, -0.15) is 4.99 Å². The van der Waals surface area contributed by atoms with Crippen LogP contribution in [-0.2, 0) is 7.05 Å². The van der Waals surface area contributed by atoms with Gasteiger partial charge in [-0.15, -0.1) is 0 Å². The van der Waals surface area contributed by atoms with Gasteiger partial charge in [0.1, 0.15) is 0 Å². The quantitative estimate of drug-likeness (QED) is 0.547. The molecule has 0 radical (unpaired) electrons. The molecule has 2 heterocycles. The van der Waals surface area contributed by atoms with Gasteiger partial charge in [-0.25, -0.2) is 0 Å². The third-order valence-electron chi connectivity index (χ3n) is 4.16. The number of carbonyl (C=O) groups excluding carboxylic acids is 1. The van der Waals surface area contributed by atoms with Crippen LogP contribution in [0.4, 0.5) is 0 Å². The normalized spacial score (nSPS) is 12.2. The Bertz CT molecular complexity index is 1180. The van der Waals surface area contributed by atoms with Crippen LogP contribution in [0.2, 0.25) is 0 Å². The summed E-state index contributed by atoms with van der Waals surface area (Å²) in [4.78, 5) is 17.5. The van der Waals surface area contributed by atoms with Crippen LogP contribution in [0.5, 0.6) is 5.75 Å². The number of fused-ring (bicyclic) bond motifs is 2. The minimum atomic E-state index is -0.405. The Balaban J connectivity index is 1.83. The smallest absolute Gasteiger partial charge is 0.315 e. The van der Waals surface area contributed by atoms with Crippen molar-refractivity contribution in [2.75, 3.05) is 7.11 Å². The van der Waals surface area contributed by atoms with Gasteiger partial charge in [0.05, 0.1) is 17.3 Å². The molecule has 126 valence electrons. The third kappa shape index (κ3) is 2.55. The van der Waals surface area contributed by atoms with Gasteiger partial charge in [-0.1, -0.05) is 35.6 Å². The summed E-state index contributed by atoms with van der Waals surface area (Å²) >= 11 is 1.48. The van der Waals surface area contributed by atoms with Crippen molar-refractivity contribution in [2.45, 2.75) is 6.92 Å². The first-order valence-corrected chi connectivity index (χ1v) is 8.61. The Kier molecular flexibility index (Phi) is 3.69.